The van der Waals surface area contributed by atoms with Gasteiger partial charge >= 0.3 is 0 Å². The van der Waals surface area contributed by atoms with Crippen LogP contribution in [0.5, 0.6) is 0 Å². The molecule has 0 aromatic carbocycles. The highest BCUT2D eigenvalue weighted by Gasteiger charge is 2.34. The molecule has 0 unspecified atom stereocenters. The average Bonchev–Trinajstić information content (AvgIpc) is 2.08. The Kier molecular flexibility index (Phi) is 1.78. The van der Waals surface area contributed by atoms with E-state index >= 15 is 0 Å². The van der Waals surface area contributed by atoms with Crippen LogP contribution in [0, 0.1) is 5.92 Å². The molecule has 54 valence electrons. The molecule has 0 spiro atoms. The first kappa shape index (κ1) is 7.03. The van der Waals surface area contributed by atoms with Crippen LogP contribution in [-0.4, -0.2) is 17.3 Å². The average molecular weight is 129 g/mol. The molecule has 1 fully saturated rings. The van der Waals surface area contributed by atoms with Crippen molar-refractivity contribution in [2.24, 2.45) is 11.7 Å². The van der Waals surface area contributed by atoms with E-state index in [0.29, 0.717) is 5.92 Å². The number of hydrogen-bond donors (Lipinski definition) is 2. The quantitative estimate of drug-likeness (QED) is 0.541. The molecule has 1 aliphatic carbocycles. The minimum absolute atomic E-state index is 0.0885. The zero-order chi connectivity index (χ0) is 6.91. The van der Waals surface area contributed by atoms with E-state index in [-0.39, 0.29) is 12.1 Å². The third-order valence-corrected chi connectivity index (χ3v) is 2.42. The molecular weight excluding hydrogens is 114 g/mol. The number of nitrogens with two attached hydrogens (primary N) is 1. The monoisotopic (exact) mass is 129 g/mol. The summed E-state index contributed by atoms with van der Waals surface area (Å²) in [4.78, 5) is 0. The molecule has 1 saturated carbocycles. The summed E-state index contributed by atoms with van der Waals surface area (Å²) in [5.41, 5.74) is 5.78. The Labute approximate surface area is 56.1 Å². The second-order valence-corrected chi connectivity index (χ2v) is 3.28. The molecule has 0 amide bonds. The summed E-state index contributed by atoms with van der Waals surface area (Å²) in [7, 11) is 0. The van der Waals surface area contributed by atoms with Crippen LogP contribution in [-0.2, 0) is 0 Å². The molecule has 0 aromatic rings. The van der Waals surface area contributed by atoms with Crippen molar-refractivity contribution in [2.75, 3.05) is 6.61 Å². The van der Waals surface area contributed by atoms with Gasteiger partial charge in [0.25, 0.3) is 0 Å². The summed E-state index contributed by atoms with van der Waals surface area (Å²) >= 11 is 0. The van der Waals surface area contributed by atoms with Gasteiger partial charge in [0.05, 0.1) is 0 Å². The lowest BCUT2D eigenvalue weighted by molar-refractivity contribution is 0.183. The molecule has 9 heavy (non-hydrogen) atoms. The van der Waals surface area contributed by atoms with Crippen molar-refractivity contribution in [2.45, 2.75) is 31.7 Å². The maximum Gasteiger partial charge on any atom is 0.0476 e. The van der Waals surface area contributed by atoms with Crippen molar-refractivity contribution in [3.63, 3.8) is 0 Å². The molecule has 2 heteroatoms. The van der Waals surface area contributed by atoms with Gasteiger partial charge in [-0.3, -0.25) is 0 Å². The molecule has 0 bridgehead atoms. The van der Waals surface area contributed by atoms with Gasteiger partial charge in [0, 0.05) is 12.1 Å². The van der Waals surface area contributed by atoms with Crippen LogP contribution >= 0.6 is 0 Å². The van der Waals surface area contributed by atoms with Crippen LogP contribution in [0.15, 0.2) is 0 Å². The van der Waals surface area contributed by atoms with E-state index in [2.05, 4.69) is 0 Å². The van der Waals surface area contributed by atoms with Crippen LogP contribution in [0.2, 0.25) is 0 Å². The molecule has 0 aliphatic heterocycles. The summed E-state index contributed by atoms with van der Waals surface area (Å²) < 4.78 is 0. The second kappa shape index (κ2) is 2.27. The molecule has 0 heterocycles. The highest BCUT2D eigenvalue weighted by atomic mass is 16.3. The fourth-order valence-corrected chi connectivity index (χ4v) is 1.56. The number of hydrogen-bond acceptors (Lipinski definition) is 2. The van der Waals surface area contributed by atoms with Gasteiger partial charge in [-0.25, -0.2) is 0 Å². The van der Waals surface area contributed by atoms with E-state index in [9.17, 15) is 0 Å². The first-order valence-electron chi connectivity index (χ1n) is 3.56. The Morgan fingerprint density at radius 2 is 2.44 bits per heavy atom. The molecule has 2 atom stereocenters. The minimum atomic E-state index is -0.0885. The van der Waals surface area contributed by atoms with Crippen molar-refractivity contribution in [1.29, 1.82) is 0 Å². The smallest absolute Gasteiger partial charge is 0.0476 e. The van der Waals surface area contributed by atoms with Crippen molar-refractivity contribution in [1.82, 2.24) is 0 Å². The highest BCUT2D eigenvalue weighted by Crippen LogP contribution is 2.32. The third kappa shape index (κ3) is 1.25. The van der Waals surface area contributed by atoms with E-state index in [1.807, 2.05) is 6.92 Å². The van der Waals surface area contributed by atoms with Gasteiger partial charge in [-0.05, 0) is 25.7 Å². The summed E-state index contributed by atoms with van der Waals surface area (Å²) in [5.74, 6) is 0.345. The summed E-state index contributed by atoms with van der Waals surface area (Å²) in [5, 5.41) is 8.82. The lowest BCUT2D eigenvalue weighted by Crippen LogP contribution is -2.41. The molecule has 0 aromatic heterocycles. The first-order chi connectivity index (χ1) is 4.17. The largest absolute Gasteiger partial charge is 0.396 e. The van der Waals surface area contributed by atoms with Crippen LogP contribution in [0.3, 0.4) is 0 Å². The van der Waals surface area contributed by atoms with Crippen LogP contribution < -0.4 is 5.73 Å². The Morgan fingerprint density at radius 1 is 1.78 bits per heavy atom. The topological polar surface area (TPSA) is 46.2 Å². The zero-order valence-corrected chi connectivity index (χ0v) is 5.93. The maximum atomic E-state index is 8.82. The van der Waals surface area contributed by atoms with Crippen LogP contribution in [0.25, 0.3) is 0 Å². The van der Waals surface area contributed by atoms with Gasteiger partial charge in [0.1, 0.15) is 0 Å². The molecule has 1 rings (SSSR count). The zero-order valence-electron chi connectivity index (χ0n) is 5.93. The van der Waals surface area contributed by atoms with Crippen molar-refractivity contribution >= 4 is 0 Å². The molecule has 3 N–H and O–H groups in total. The maximum absolute atomic E-state index is 8.82. The van der Waals surface area contributed by atoms with Crippen molar-refractivity contribution in [3.05, 3.63) is 0 Å². The van der Waals surface area contributed by atoms with Gasteiger partial charge in [0.2, 0.25) is 0 Å². The molecule has 0 radical (unpaired) electrons. The van der Waals surface area contributed by atoms with Gasteiger partial charge in [-0.1, -0.05) is 6.42 Å². The van der Waals surface area contributed by atoms with Crippen molar-refractivity contribution < 1.29 is 5.11 Å². The third-order valence-electron chi connectivity index (χ3n) is 2.42. The second-order valence-electron chi connectivity index (χ2n) is 3.28. The predicted octanol–water partition coefficient (Wildman–Crippen LogP) is 0.496. The molecule has 2 nitrogen and oxygen atoms in total. The van der Waals surface area contributed by atoms with Crippen molar-refractivity contribution in [3.8, 4) is 0 Å². The first-order valence-corrected chi connectivity index (χ1v) is 3.56. The van der Waals surface area contributed by atoms with E-state index in [4.69, 9.17) is 10.8 Å². The van der Waals surface area contributed by atoms with Gasteiger partial charge in [0.15, 0.2) is 0 Å². The van der Waals surface area contributed by atoms with E-state index in [0.717, 1.165) is 12.8 Å². The Morgan fingerprint density at radius 3 is 2.67 bits per heavy atom. The highest BCUT2D eigenvalue weighted by molar-refractivity contribution is 4.91. The number of aliphatic hydroxyl groups is 1. The lowest BCUT2D eigenvalue weighted by Gasteiger charge is -2.24. The van der Waals surface area contributed by atoms with Gasteiger partial charge < -0.3 is 10.8 Å². The fourth-order valence-electron chi connectivity index (χ4n) is 1.56. The number of aliphatic hydroxyl groups excluding tert-OH is 1. The van der Waals surface area contributed by atoms with E-state index < -0.39 is 0 Å². The standard InChI is InChI=1S/C7H15NO/c1-7(8)4-2-3-6(7)5-9/h6,9H,2-5,8H2,1H3/t6-,7-/m1/s1. The van der Waals surface area contributed by atoms with Gasteiger partial charge in [-0.2, -0.15) is 0 Å². The van der Waals surface area contributed by atoms with E-state index in [1.54, 1.807) is 0 Å². The summed E-state index contributed by atoms with van der Waals surface area (Å²) in [6.07, 6.45) is 3.35. The normalized spacial score (nSPS) is 43.7. The summed E-state index contributed by atoms with van der Waals surface area (Å²) in [6.45, 7) is 2.29. The Bertz CT molecular complexity index is 101. The Balaban J connectivity index is 2.52. The molecular formula is C7H15NO. The lowest BCUT2D eigenvalue weighted by atomic mass is 9.91. The van der Waals surface area contributed by atoms with Crippen LogP contribution in [0.1, 0.15) is 26.2 Å². The summed E-state index contributed by atoms with van der Waals surface area (Å²) in [6, 6.07) is 0. The SMILES string of the molecule is C[C@@]1(N)CCC[C@@H]1CO. The van der Waals surface area contributed by atoms with E-state index in [1.165, 1.54) is 6.42 Å². The minimum Gasteiger partial charge on any atom is -0.396 e. The number of rotatable bonds is 1. The van der Waals surface area contributed by atoms with Crippen LogP contribution in [0.4, 0.5) is 0 Å². The predicted molar refractivity (Wildman–Crippen MR) is 37.0 cm³/mol. The molecule has 1 aliphatic rings. The Hall–Kier alpha value is -0.0800. The van der Waals surface area contributed by atoms with Gasteiger partial charge in [-0.15, -0.1) is 0 Å². The molecule has 0 saturated heterocycles. The fraction of sp³-hybridized carbons (Fsp3) is 1.00.